The molecule has 0 radical (unpaired) electrons. The summed E-state index contributed by atoms with van der Waals surface area (Å²) in [5.41, 5.74) is 0.818. The molecule has 0 unspecified atom stereocenters. The van der Waals surface area contributed by atoms with Gasteiger partial charge in [-0.3, -0.25) is 0 Å². The lowest BCUT2D eigenvalue weighted by Crippen LogP contribution is -1.96. The second-order valence-corrected chi connectivity index (χ2v) is 4.69. The number of rotatable bonds is 5. The Morgan fingerprint density at radius 3 is 2.09 bits per heavy atom. The topological polar surface area (TPSA) is 59.3 Å². The molecule has 118 valence electrons. The maximum atomic E-state index is 5.82. The lowest BCUT2D eigenvalue weighted by molar-refractivity contribution is -0.0585. The molecule has 1 aromatic carbocycles. The van der Waals surface area contributed by atoms with E-state index in [1.165, 1.54) is 0 Å². The fourth-order valence-corrected chi connectivity index (χ4v) is 2.38. The molecule has 1 fully saturated rings. The van der Waals surface area contributed by atoms with Crippen molar-refractivity contribution in [1.29, 1.82) is 0 Å². The summed E-state index contributed by atoms with van der Waals surface area (Å²) in [5.74, 6) is 3.00. The maximum absolute atomic E-state index is 5.82. The average molecular weight is 306 g/mol. The predicted molar refractivity (Wildman–Crippen MR) is 78.4 cm³/mol. The highest BCUT2D eigenvalue weighted by atomic mass is 16.7. The highest BCUT2D eigenvalue weighted by Gasteiger charge is 2.23. The number of hydrogen-bond donors (Lipinski definition) is 0. The van der Waals surface area contributed by atoms with Gasteiger partial charge in [-0.1, -0.05) is 0 Å². The van der Waals surface area contributed by atoms with Crippen molar-refractivity contribution >= 4 is 0 Å². The molecule has 0 bridgehead atoms. The summed E-state index contributed by atoms with van der Waals surface area (Å²) >= 11 is 0. The lowest BCUT2D eigenvalue weighted by Gasteiger charge is -2.13. The first-order valence-corrected chi connectivity index (χ1v) is 6.90. The molecule has 1 aromatic heterocycles. The Bertz CT molecular complexity index is 617. The Kier molecular flexibility index (Phi) is 4.22. The first-order chi connectivity index (χ1) is 10.8. The first-order valence-electron chi connectivity index (χ1n) is 6.90. The monoisotopic (exact) mass is 306 g/mol. The van der Waals surface area contributed by atoms with Gasteiger partial charge in [0, 0.05) is 5.56 Å². The Balaban J connectivity index is 1.97. The molecule has 6 nitrogen and oxygen atoms in total. The minimum Gasteiger partial charge on any atom is -0.493 e. The van der Waals surface area contributed by atoms with Crippen LogP contribution in [0, 0.1) is 0 Å². The highest BCUT2D eigenvalue weighted by molar-refractivity contribution is 5.67. The minimum absolute atomic E-state index is 0.434. The van der Waals surface area contributed by atoms with Crippen molar-refractivity contribution in [3.8, 4) is 28.6 Å². The third kappa shape index (κ3) is 2.63. The zero-order valence-electron chi connectivity index (χ0n) is 12.8. The molecular weight excluding hydrogens is 288 g/mol. The number of methoxy groups -OCH3 is 3. The van der Waals surface area contributed by atoms with Crippen molar-refractivity contribution in [2.24, 2.45) is 0 Å². The molecule has 1 aliphatic rings. The molecule has 22 heavy (non-hydrogen) atoms. The molecule has 0 N–H and O–H groups in total. The van der Waals surface area contributed by atoms with E-state index in [1.54, 1.807) is 21.3 Å². The summed E-state index contributed by atoms with van der Waals surface area (Å²) in [6.45, 7) is 1.15. The fourth-order valence-electron chi connectivity index (χ4n) is 2.38. The van der Waals surface area contributed by atoms with Crippen LogP contribution in [0.5, 0.6) is 17.2 Å². The van der Waals surface area contributed by atoms with Crippen LogP contribution in [0.2, 0.25) is 0 Å². The van der Waals surface area contributed by atoms with Gasteiger partial charge in [-0.05, 0) is 24.3 Å². The van der Waals surface area contributed by atoms with Gasteiger partial charge in [-0.2, -0.15) is 0 Å². The van der Waals surface area contributed by atoms with Crippen LogP contribution in [-0.4, -0.2) is 34.5 Å². The summed E-state index contributed by atoms with van der Waals surface area (Å²) in [5, 5.41) is 0. The predicted octanol–water partition coefficient (Wildman–Crippen LogP) is 3.02. The summed E-state index contributed by atoms with van der Waals surface area (Å²) in [4.78, 5) is 0. The van der Waals surface area contributed by atoms with E-state index in [2.05, 4.69) is 0 Å². The van der Waals surface area contributed by atoms with E-state index in [0.29, 0.717) is 42.0 Å². The highest BCUT2D eigenvalue weighted by Crippen LogP contribution is 2.42. The van der Waals surface area contributed by atoms with E-state index < -0.39 is 6.29 Å². The SMILES string of the molecule is COc1cc(-c2ccc(C3OCCO3)o2)cc(OC)c1OC. The lowest BCUT2D eigenvalue weighted by atomic mass is 10.1. The van der Waals surface area contributed by atoms with Crippen molar-refractivity contribution < 1.29 is 28.1 Å². The first kappa shape index (κ1) is 14.7. The molecule has 0 amide bonds. The van der Waals surface area contributed by atoms with Gasteiger partial charge in [0.05, 0.1) is 34.5 Å². The van der Waals surface area contributed by atoms with Crippen LogP contribution < -0.4 is 14.2 Å². The maximum Gasteiger partial charge on any atom is 0.217 e. The van der Waals surface area contributed by atoms with E-state index in [-0.39, 0.29) is 0 Å². The van der Waals surface area contributed by atoms with Crippen LogP contribution in [-0.2, 0) is 9.47 Å². The van der Waals surface area contributed by atoms with Crippen LogP contribution in [0.4, 0.5) is 0 Å². The van der Waals surface area contributed by atoms with Crippen LogP contribution in [0.15, 0.2) is 28.7 Å². The van der Waals surface area contributed by atoms with Crippen molar-refractivity contribution in [2.75, 3.05) is 34.5 Å². The third-order valence-corrected chi connectivity index (χ3v) is 3.43. The quantitative estimate of drug-likeness (QED) is 0.846. The van der Waals surface area contributed by atoms with Crippen molar-refractivity contribution in [3.63, 3.8) is 0 Å². The van der Waals surface area contributed by atoms with Gasteiger partial charge < -0.3 is 28.1 Å². The number of hydrogen-bond acceptors (Lipinski definition) is 6. The van der Waals surface area contributed by atoms with E-state index in [4.69, 9.17) is 28.1 Å². The molecule has 0 saturated carbocycles. The summed E-state index contributed by atoms with van der Waals surface area (Å²) < 4.78 is 32.7. The molecule has 2 aromatic rings. The van der Waals surface area contributed by atoms with E-state index in [0.717, 1.165) is 5.56 Å². The summed E-state index contributed by atoms with van der Waals surface area (Å²) in [7, 11) is 4.73. The molecular formula is C16H18O6. The van der Waals surface area contributed by atoms with E-state index in [1.807, 2.05) is 24.3 Å². The molecule has 2 heterocycles. The Hall–Kier alpha value is -2.18. The van der Waals surface area contributed by atoms with Gasteiger partial charge >= 0.3 is 0 Å². The van der Waals surface area contributed by atoms with Gasteiger partial charge in [0.2, 0.25) is 12.0 Å². The Morgan fingerprint density at radius 2 is 1.55 bits per heavy atom. The molecule has 1 aliphatic heterocycles. The van der Waals surface area contributed by atoms with E-state index >= 15 is 0 Å². The fraction of sp³-hybridized carbons (Fsp3) is 0.375. The molecule has 1 saturated heterocycles. The van der Waals surface area contributed by atoms with Crippen molar-refractivity contribution in [1.82, 2.24) is 0 Å². The van der Waals surface area contributed by atoms with Crippen LogP contribution in [0.25, 0.3) is 11.3 Å². The van der Waals surface area contributed by atoms with Crippen LogP contribution in [0.1, 0.15) is 12.1 Å². The van der Waals surface area contributed by atoms with Gasteiger partial charge in [0.25, 0.3) is 0 Å². The Labute approximate surface area is 128 Å². The zero-order valence-corrected chi connectivity index (χ0v) is 12.8. The van der Waals surface area contributed by atoms with Crippen LogP contribution in [0.3, 0.4) is 0 Å². The van der Waals surface area contributed by atoms with Gasteiger partial charge in [0.15, 0.2) is 17.3 Å². The smallest absolute Gasteiger partial charge is 0.217 e. The second kappa shape index (κ2) is 6.29. The average Bonchev–Trinajstić information content (AvgIpc) is 3.23. The van der Waals surface area contributed by atoms with Crippen molar-refractivity contribution in [2.45, 2.75) is 6.29 Å². The number of benzene rings is 1. The molecule has 0 spiro atoms. The standard InChI is InChI=1S/C16H18O6/c1-17-13-8-10(9-14(18-2)15(13)19-3)11-4-5-12(22-11)16-20-6-7-21-16/h4-5,8-9,16H,6-7H2,1-3H3. The van der Waals surface area contributed by atoms with Crippen molar-refractivity contribution in [3.05, 3.63) is 30.0 Å². The summed E-state index contributed by atoms with van der Waals surface area (Å²) in [6.07, 6.45) is -0.434. The van der Waals surface area contributed by atoms with Gasteiger partial charge in [0.1, 0.15) is 5.76 Å². The molecule has 0 atom stereocenters. The third-order valence-electron chi connectivity index (χ3n) is 3.43. The second-order valence-electron chi connectivity index (χ2n) is 4.69. The minimum atomic E-state index is -0.434. The molecule has 0 aliphatic carbocycles. The normalized spacial score (nSPS) is 15.0. The van der Waals surface area contributed by atoms with Gasteiger partial charge in [-0.25, -0.2) is 0 Å². The Morgan fingerprint density at radius 1 is 0.909 bits per heavy atom. The molecule has 6 heteroatoms. The van der Waals surface area contributed by atoms with Crippen LogP contribution >= 0.6 is 0 Å². The van der Waals surface area contributed by atoms with E-state index in [9.17, 15) is 0 Å². The largest absolute Gasteiger partial charge is 0.493 e. The number of ether oxygens (including phenoxy) is 5. The number of furan rings is 1. The molecule has 3 rings (SSSR count). The van der Waals surface area contributed by atoms with Gasteiger partial charge in [-0.15, -0.1) is 0 Å². The zero-order chi connectivity index (χ0) is 15.5. The summed E-state index contributed by atoms with van der Waals surface area (Å²) in [6, 6.07) is 7.37.